The van der Waals surface area contributed by atoms with E-state index < -0.39 is 8.07 Å². The smallest absolute Gasteiger partial charge is 0.0844 e. The number of hydrogen-bond donors (Lipinski definition) is 0. The van der Waals surface area contributed by atoms with Gasteiger partial charge in [0, 0.05) is 0 Å². The van der Waals surface area contributed by atoms with Crippen molar-refractivity contribution >= 4 is 13.3 Å². The third-order valence-electron chi connectivity index (χ3n) is 7.90. The van der Waals surface area contributed by atoms with Crippen molar-refractivity contribution in [2.75, 3.05) is 0 Å². The highest BCUT2D eigenvalue weighted by atomic mass is 28.3. The summed E-state index contributed by atoms with van der Waals surface area (Å²) >= 11 is 0. The maximum atomic E-state index is 5.76. The van der Waals surface area contributed by atoms with Gasteiger partial charge in [-0.15, -0.1) is 0 Å². The molecule has 2 heterocycles. The van der Waals surface area contributed by atoms with Gasteiger partial charge in [0.2, 0.25) is 0 Å². The standard InChI is InChI=1S/C23H34O2Si/c1-26(19-5-3-2-4-6-19,13-11-17-7-9-20-22(15-17)24-20)14-12-18-8-10-21-23(16-18)25-21/h2-6,17-18,20-23H,7-16H2,1H3. The minimum atomic E-state index is -1.39. The van der Waals surface area contributed by atoms with Crippen LogP contribution in [-0.4, -0.2) is 32.5 Å². The number of fused-ring (bicyclic) bond motifs is 2. The Kier molecular flexibility index (Phi) is 4.75. The molecule has 4 fully saturated rings. The first-order valence-corrected chi connectivity index (χ1v) is 14.0. The Labute approximate surface area is 159 Å². The summed E-state index contributed by atoms with van der Waals surface area (Å²) in [7, 11) is -1.39. The van der Waals surface area contributed by atoms with E-state index in [9.17, 15) is 0 Å². The fraction of sp³-hybridized carbons (Fsp3) is 0.739. The van der Waals surface area contributed by atoms with Gasteiger partial charge in [-0.1, -0.05) is 67.0 Å². The quantitative estimate of drug-likeness (QED) is 0.504. The number of benzene rings is 1. The van der Waals surface area contributed by atoms with Crippen LogP contribution in [0.15, 0.2) is 30.3 Å². The molecule has 2 saturated carbocycles. The Balaban J connectivity index is 1.21. The van der Waals surface area contributed by atoms with Gasteiger partial charge in [-0.05, 0) is 50.4 Å². The molecular weight excluding hydrogens is 336 g/mol. The molecule has 3 heteroatoms. The van der Waals surface area contributed by atoms with Crippen LogP contribution in [0.5, 0.6) is 0 Å². The van der Waals surface area contributed by atoms with E-state index in [1.165, 1.54) is 63.5 Å². The van der Waals surface area contributed by atoms with Crippen molar-refractivity contribution < 1.29 is 9.47 Å². The van der Waals surface area contributed by atoms with Crippen LogP contribution in [-0.2, 0) is 9.47 Å². The zero-order chi connectivity index (χ0) is 17.6. The van der Waals surface area contributed by atoms with Crippen LogP contribution < -0.4 is 5.19 Å². The summed E-state index contributed by atoms with van der Waals surface area (Å²) in [5.41, 5.74) is 0. The van der Waals surface area contributed by atoms with E-state index in [0.29, 0.717) is 24.4 Å². The molecule has 2 nitrogen and oxygen atoms in total. The van der Waals surface area contributed by atoms with Crippen LogP contribution in [0.2, 0.25) is 18.6 Å². The highest BCUT2D eigenvalue weighted by Gasteiger charge is 2.45. The second-order valence-electron chi connectivity index (χ2n) is 9.79. The Morgan fingerprint density at radius 3 is 1.81 bits per heavy atom. The molecule has 0 radical (unpaired) electrons. The predicted molar refractivity (Wildman–Crippen MR) is 109 cm³/mol. The Morgan fingerprint density at radius 2 is 1.31 bits per heavy atom. The molecule has 1 aromatic rings. The molecule has 5 rings (SSSR count). The van der Waals surface area contributed by atoms with E-state index in [1.807, 2.05) is 0 Å². The summed E-state index contributed by atoms with van der Waals surface area (Å²) in [5, 5.41) is 1.69. The van der Waals surface area contributed by atoms with Gasteiger partial charge in [-0.25, -0.2) is 0 Å². The van der Waals surface area contributed by atoms with Gasteiger partial charge < -0.3 is 9.47 Å². The van der Waals surface area contributed by atoms with Crippen molar-refractivity contribution in [3.8, 4) is 0 Å². The van der Waals surface area contributed by atoms with Gasteiger partial charge in [0.1, 0.15) is 0 Å². The van der Waals surface area contributed by atoms with Crippen LogP contribution in [0.4, 0.5) is 0 Å². The van der Waals surface area contributed by atoms with Gasteiger partial charge >= 0.3 is 0 Å². The molecule has 0 spiro atoms. The molecule has 142 valence electrons. The summed E-state index contributed by atoms with van der Waals surface area (Å²) in [6, 6.07) is 14.5. The molecule has 6 atom stereocenters. The van der Waals surface area contributed by atoms with Crippen LogP contribution in [0.1, 0.15) is 51.4 Å². The summed E-state index contributed by atoms with van der Waals surface area (Å²) in [6.07, 6.45) is 13.6. The number of epoxide rings is 2. The first-order chi connectivity index (χ1) is 12.7. The molecule has 1 aromatic carbocycles. The van der Waals surface area contributed by atoms with Crippen molar-refractivity contribution in [3.63, 3.8) is 0 Å². The number of hydrogen-bond acceptors (Lipinski definition) is 2. The molecule has 2 aliphatic heterocycles. The Morgan fingerprint density at radius 1 is 0.769 bits per heavy atom. The van der Waals surface area contributed by atoms with Crippen molar-refractivity contribution in [1.82, 2.24) is 0 Å². The van der Waals surface area contributed by atoms with Gasteiger partial charge in [0.25, 0.3) is 0 Å². The lowest BCUT2D eigenvalue weighted by Gasteiger charge is -2.32. The van der Waals surface area contributed by atoms with E-state index in [-0.39, 0.29) is 0 Å². The average molecular weight is 371 g/mol. The molecule has 0 bridgehead atoms. The van der Waals surface area contributed by atoms with E-state index in [0.717, 1.165) is 11.8 Å². The molecule has 0 aromatic heterocycles. The van der Waals surface area contributed by atoms with E-state index in [2.05, 4.69) is 36.9 Å². The minimum Gasteiger partial charge on any atom is -0.370 e. The number of ether oxygens (including phenoxy) is 2. The fourth-order valence-electron chi connectivity index (χ4n) is 5.80. The van der Waals surface area contributed by atoms with Crippen molar-refractivity contribution in [3.05, 3.63) is 30.3 Å². The maximum Gasteiger partial charge on any atom is 0.0844 e. The number of rotatable bonds is 7. The highest BCUT2D eigenvalue weighted by Crippen LogP contribution is 2.43. The third-order valence-corrected chi connectivity index (χ3v) is 12.4. The molecule has 0 amide bonds. The maximum absolute atomic E-state index is 5.76. The van der Waals surface area contributed by atoms with Crippen LogP contribution in [0, 0.1) is 11.8 Å². The molecule has 4 aliphatic rings. The zero-order valence-corrected chi connectivity index (χ0v) is 17.2. The van der Waals surface area contributed by atoms with Gasteiger partial charge in [0.15, 0.2) is 0 Å². The largest absolute Gasteiger partial charge is 0.370 e. The highest BCUT2D eigenvalue weighted by molar-refractivity contribution is 6.90. The van der Waals surface area contributed by atoms with Crippen LogP contribution >= 0.6 is 0 Å². The lowest BCUT2D eigenvalue weighted by atomic mass is 9.87. The Bertz CT molecular complexity index is 586. The topological polar surface area (TPSA) is 25.1 Å². The first-order valence-electron chi connectivity index (χ1n) is 11.1. The summed E-state index contributed by atoms with van der Waals surface area (Å²) < 4.78 is 11.5. The second kappa shape index (κ2) is 7.07. The van der Waals surface area contributed by atoms with E-state index >= 15 is 0 Å². The average Bonchev–Trinajstić information content (AvgIpc) is 3.59. The molecule has 2 aliphatic carbocycles. The SMILES string of the molecule is C[Si](CCC1CCC2OC2C1)(CCC1CCC2OC2C1)c1ccccc1. The van der Waals surface area contributed by atoms with E-state index in [4.69, 9.17) is 9.47 Å². The first kappa shape index (κ1) is 17.5. The van der Waals surface area contributed by atoms with Crippen LogP contribution in [0.25, 0.3) is 0 Å². The van der Waals surface area contributed by atoms with Crippen LogP contribution in [0.3, 0.4) is 0 Å². The third kappa shape index (κ3) is 3.81. The Hall–Kier alpha value is -0.643. The van der Waals surface area contributed by atoms with Gasteiger partial charge in [0.05, 0.1) is 32.5 Å². The summed E-state index contributed by atoms with van der Waals surface area (Å²) in [6.45, 7) is 2.67. The van der Waals surface area contributed by atoms with Crippen molar-refractivity contribution in [2.45, 2.75) is 94.4 Å². The minimum absolute atomic E-state index is 0.632. The fourth-order valence-corrected chi connectivity index (χ4v) is 9.71. The normalized spacial score (nSPS) is 40.2. The van der Waals surface area contributed by atoms with Crippen molar-refractivity contribution in [1.29, 1.82) is 0 Å². The predicted octanol–water partition coefficient (Wildman–Crippen LogP) is 4.89. The molecule has 0 N–H and O–H groups in total. The van der Waals surface area contributed by atoms with Crippen molar-refractivity contribution in [2.24, 2.45) is 11.8 Å². The zero-order valence-electron chi connectivity index (χ0n) is 16.2. The lowest BCUT2D eigenvalue weighted by molar-refractivity contribution is 0.355. The second-order valence-corrected chi connectivity index (χ2v) is 14.5. The summed E-state index contributed by atoms with van der Waals surface area (Å²) in [4.78, 5) is 0. The lowest BCUT2D eigenvalue weighted by Crippen LogP contribution is -2.45. The molecule has 2 saturated heterocycles. The molecular formula is C23H34O2Si. The van der Waals surface area contributed by atoms with E-state index in [1.54, 1.807) is 5.19 Å². The molecule has 26 heavy (non-hydrogen) atoms. The van der Waals surface area contributed by atoms with Gasteiger partial charge in [-0.2, -0.15) is 0 Å². The molecule has 6 unspecified atom stereocenters. The monoisotopic (exact) mass is 370 g/mol. The summed E-state index contributed by atoms with van der Waals surface area (Å²) in [5.74, 6) is 1.84. The van der Waals surface area contributed by atoms with Gasteiger partial charge in [-0.3, -0.25) is 0 Å².